The van der Waals surface area contributed by atoms with Crippen molar-refractivity contribution in [1.29, 1.82) is 0 Å². The first-order valence-electron chi connectivity index (χ1n) is 17.6. The average Bonchev–Trinajstić information content (AvgIpc) is 3.15. The standard InChI is InChI=1S/C50H38/c1-31-27-47(33(3)25-45(31)39-23-21-35-13-5-7-15-37(35)29-39)49-41-17-9-11-19-43(41)50(44-20-12-10-18-42(44)49)48-28-32(2)46(26-34(48)4)40-24-22-36-14-6-8-16-38(36)30-40/h5-30H,1-4H3. The van der Waals surface area contributed by atoms with Gasteiger partial charge in [-0.25, -0.2) is 0 Å². The molecule has 0 heterocycles. The largest absolute Gasteiger partial charge is 0.0616 e. The van der Waals surface area contributed by atoms with Gasteiger partial charge in [-0.05, 0) is 150 Å². The molecule has 0 saturated carbocycles. The lowest BCUT2D eigenvalue weighted by molar-refractivity contribution is 1.39. The molecule has 0 aliphatic carbocycles. The smallest absolute Gasteiger partial charge is 0.00236 e. The lowest BCUT2D eigenvalue weighted by Gasteiger charge is -2.22. The maximum absolute atomic E-state index is 2.42. The minimum Gasteiger partial charge on any atom is -0.0616 e. The zero-order valence-corrected chi connectivity index (χ0v) is 29.0. The number of benzene rings is 9. The van der Waals surface area contributed by atoms with Crippen LogP contribution >= 0.6 is 0 Å². The molecule has 0 aliphatic rings. The molecule has 0 aliphatic heterocycles. The summed E-state index contributed by atoms with van der Waals surface area (Å²) in [5.41, 5.74) is 15.5. The van der Waals surface area contributed by atoms with Crippen molar-refractivity contribution in [2.45, 2.75) is 27.7 Å². The van der Waals surface area contributed by atoms with Crippen LogP contribution in [0, 0.1) is 27.7 Å². The van der Waals surface area contributed by atoms with E-state index in [1.165, 1.54) is 110 Å². The Hall–Kier alpha value is -5.98. The van der Waals surface area contributed by atoms with Gasteiger partial charge in [0.15, 0.2) is 0 Å². The van der Waals surface area contributed by atoms with Gasteiger partial charge in [0.2, 0.25) is 0 Å². The average molecular weight is 639 g/mol. The van der Waals surface area contributed by atoms with Crippen LogP contribution in [-0.2, 0) is 0 Å². The highest BCUT2D eigenvalue weighted by Crippen LogP contribution is 2.47. The van der Waals surface area contributed by atoms with Crippen LogP contribution in [0.5, 0.6) is 0 Å². The first kappa shape index (κ1) is 30.1. The molecule has 0 aromatic heterocycles. The Bertz CT molecular complexity index is 2550. The van der Waals surface area contributed by atoms with Gasteiger partial charge < -0.3 is 0 Å². The summed E-state index contributed by atoms with van der Waals surface area (Å²) in [5, 5.41) is 10.2. The molecule has 0 unspecified atom stereocenters. The fourth-order valence-electron chi connectivity index (χ4n) is 8.22. The lowest BCUT2D eigenvalue weighted by Crippen LogP contribution is -1.96. The van der Waals surface area contributed by atoms with Gasteiger partial charge in [0, 0.05) is 0 Å². The van der Waals surface area contributed by atoms with Gasteiger partial charge in [0.1, 0.15) is 0 Å². The summed E-state index contributed by atoms with van der Waals surface area (Å²) in [4.78, 5) is 0. The molecule has 9 rings (SSSR count). The molecule has 0 bridgehead atoms. The van der Waals surface area contributed by atoms with Crippen LogP contribution in [0.2, 0.25) is 0 Å². The Morgan fingerprint density at radius 3 is 0.940 bits per heavy atom. The summed E-state index contributed by atoms with van der Waals surface area (Å²) >= 11 is 0. The Kier molecular flexibility index (Phi) is 7.14. The normalized spacial score (nSPS) is 11.6. The van der Waals surface area contributed by atoms with E-state index in [0.29, 0.717) is 0 Å². The number of aryl methyl sites for hydroxylation is 4. The Morgan fingerprint density at radius 1 is 0.260 bits per heavy atom. The fourth-order valence-corrected chi connectivity index (χ4v) is 8.22. The van der Waals surface area contributed by atoms with Gasteiger partial charge in [0.25, 0.3) is 0 Å². The van der Waals surface area contributed by atoms with Gasteiger partial charge in [-0.3, -0.25) is 0 Å². The summed E-state index contributed by atoms with van der Waals surface area (Å²) < 4.78 is 0. The quantitative estimate of drug-likeness (QED) is 0.168. The van der Waals surface area contributed by atoms with Crippen molar-refractivity contribution in [2.75, 3.05) is 0 Å². The third-order valence-electron chi connectivity index (χ3n) is 10.7. The molecule has 9 aromatic carbocycles. The fraction of sp³-hybridized carbons (Fsp3) is 0.0800. The van der Waals surface area contributed by atoms with E-state index in [0.717, 1.165) is 0 Å². The first-order valence-corrected chi connectivity index (χ1v) is 17.6. The second-order valence-electron chi connectivity index (χ2n) is 13.9. The zero-order valence-electron chi connectivity index (χ0n) is 29.0. The van der Waals surface area contributed by atoms with Crippen LogP contribution in [0.25, 0.3) is 87.6 Å². The molecule has 0 heteroatoms. The molecular weight excluding hydrogens is 601 g/mol. The minimum absolute atomic E-state index is 1.26. The van der Waals surface area contributed by atoms with E-state index in [9.17, 15) is 0 Å². The summed E-state index contributed by atoms with van der Waals surface area (Å²) in [7, 11) is 0. The van der Waals surface area contributed by atoms with Crippen LogP contribution < -0.4 is 0 Å². The third-order valence-corrected chi connectivity index (χ3v) is 10.7. The van der Waals surface area contributed by atoms with Crippen molar-refractivity contribution >= 4 is 43.1 Å². The predicted molar refractivity (Wildman–Crippen MR) is 217 cm³/mol. The Labute approximate surface area is 294 Å². The SMILES string of the molecule is Cc1cc(-c2c3ccccc3c(-c3cc(C)c(-c4ccc5ccccc5c4)cc3C)c3ccccc23)c(C)cc1-c1ccc2ccccc2c1. The molecule has 0 radical (unpaired) electrons. The van der Waals surface area contributed by atoms with Gasteiger partial charge in [-0.2, -0.15) is 0 Å². The number of fused-ring (bicyclic) bond motifs is 4. The van der Waals surface area contributed by atoms with E-state index in [1.807, 2.05) is 0 Å². The van der Waals surface area contributed by atoms with E-state index >= 15 is 0 Å². The van der Waals surface area contributed by atoms with Crippen LogP contribution in [0.4, 0.5) is 0 Å². The highest BCUT2D eigenvalue weighted by molar-refractivity contribution is 6.22. The minimum atomic E-state index is 1.26. The second kappa shape index (κ2) is 11.9. The van der Waals surface area contributed by atoms with Gasteiger partial charge in [-0.15, -0.1) is 0 Å². The van der Waals surface area contributed by atoms with Crippen LogP contribution in [0.3, 0.4) is 0 Å². The summed E-state index contributed by atoms with van der Waals surface area (Å²) in [6, 6.07) is 58.5. The third kappa shape index (κ3) is 4.91. The van der Waals surface area contributed by atoms with E-state index in [4.69, 9.17) is 0 Å². The number of hydrogen-bond acceptors (Lipinski definition) is 0. The highest BCUT2D eigenvalue weighted by Gasteiger charge is 2.20. The molecule has 0 spiro atoms. The van der Waals surface area contributed by atoms with Crippen molar-refractivity contribution in [3.8, 4) is 44.5 Å². The van der Waals surface area contributed by atoms with Crippen molar-refractivity contribution < 1.29 is 0 Å². The molecule has 0 saturated heterocycles. The molecule has 0 N–H and O–H groups in total. The van der Waals surface area contributed by atoms with E-state index < -0.39 is 0 Å². The van der Waals surface area contributed by atoms with E-state index in [1.54, 1.807) is 0 Å². The van der Waals surface area contributed by atoms with Gasteiger partial charge in [-0.1, -0.05) is 146 Å². The molecule has 50 heavy (non-hydrogen) atoms. The summed E-state index contributed by atoms with van der Waals surface area (Å²) in [6.45, 7) is 9.07. The molecule has 0 amide bonds. The van der Waals surface area contributed by atoms with Crippen LogP contribution in [0.15, 0.2) is 158 Å². The molecule has 238 valence electrons. The van der Waals surface area contributed by atoms with Crippen molar-refractivity contribution in [1.82, 2.24) is 0 Å². The van der Waals surface area contributed by atoms with Crippen LogP contribution in [-0.4, -0.2) is 0 Å². The zero-order chi connectivity index (χ0) is 33.9. The molecule has 9 aromatic rings. The van der Waals surface area contributed by atoms with E-state index in [-0.39, 0.29) is 0 Å². The Morgan fingerprint density at radius 2 is 0.560 bits per heavy atom. The maximum atomic E-state index is 2.42. The number of hydrogen-bond donors (Lipinski definition) is 0. The number of rotatable bonds is 4. The van der Waals surface area contributed by atoms with Crippen LogP contribution in [0.1, 0.15) is 22.3 Å². The summed E-state index contributed by atoms with van der Waals surface area (Å²) in [6.07, 6.45) is 0. The monoisotopic (exact) mass is 638 g/mol. The predicted octanol–water partition coefficient (Wildman–Crippen LogP) is 14.2. The first-order chi connectivity index (χ1) is 24.4. The van der Waals surface area contributed by atoms with Gasteiger partial charge in [0.05, 0.1) is 0 Å². The highest BCUT2D eigenvalue weighted by atomic mass is 14.2. The molecule has 0 fully saturated rings. The Balaban J connectivity index is 1.24. The molecule has 0 nitrogen and oxygen atoms in total. The molecular formula is C50H38. The van der Waals surface area contributed by atoms with Crippen molar-refractivity contribution in [3.05, 3.63) is 180 Å². The van der Waals surface area contributed by atoms with E-state index in [2.05, 4.69) is 185 Å². The topological polar surface area (TPSA) is 0 Å². The lowest BCUT2D eigenvalue weighted by atomic mass is 9.82. The van der Waals surface area contributed by atoms with Crippen molar-refractivity contribution in [3.63, 3.8) is 0 Å². The maximum Gasteiger partial charge on any atom is -0.00236 e. The summed E-state index contributed by atoms with van der Waals surface area (Å²) in [5.74, 6) is 0. The van der Waals surface area contributed by atoms with Gasteiger partial charge >= 0.3 is 0 Å². The second-order valence-corrected chi connectivity index (χ2v) is 13.9. The van der Waals surface area contributed by atoms with Crippen molar-refractivity contribution in [2.24, 2.45) is 0 Å². The molecule has 0 atom stereocenters.